The van der Waals surface area contributed by atoms with Crippen LogP contribution in [-0.2, 0) is 11.3 Å². The first kappa shape index (κ1) is 16.3. The van der Waals surface area contributed by atoms with Gasteiger partial charge in [-0.15, -0.1) is 11.3 Å². The summed E-state index contributed by atoms with van der Waals surface area (Å²) >= 11 is 1.71. The Balaban J connectivity index is 1.67. The van der Waals surface area contributed by atoms with Gasteiger partial charge in [0, 0.05) is 29.7 Å². The summed E-state index contributed by atoms with van der Waals surface area (Å²) < 4.78 is 1.77. The molecule has 1 aliphatic rings. The number of amides is 1. The molecule has 1 amide bonds. The van der Waals surface area contributed by atoms with Crippen LogP contribution in [0.4, 0.5) is 0 Å². The van der Waals surface area contributed by atoms with E-state index >= 15 is 0 Å². The number of aromatic nitrogens is 3. The summed E-state index contributed by atoms with van der Waals surface area (Å²) in [5, 5.41) is 7.75. The summed E-state index contributed by atoms with van der Waals surface area (Å²) in [5.74, 6) is 0.148. The van der Waals surface area contributed by atoms with Gasteiger partial charge in [-0.3, -0.25) is 4.79 Å². The number of hydrogen-bond donors (Lipinski definition) is 0. The number of nitrogens with zero attached hydrogens (tertiary/aromatic N) is 4. The quantitative estimate of drug-likeness (QED) is 0.717. The van der Waals surface area contributed by atoms with Crippen LogP contribution >= 0.6 is 11.3 Å². The van der Waals surface area contributed by atoms with Gasteiger partial charge < -0.3 is 4.90 Å². The summed E-state index contributed by atoms with van der Waals surface area (Å²) in [5.41, 5.74) is 2.87. The Hall–Kier alpha value is -2.21. The van der Waals surface area contributed by atoms with Crippen LogP contribution in [0.2, 0.25) is 0 Å². The molecule has 3 aromatic heterocycles. The molecule has 0 spiro atoms. The highest BCUT2D eigenvalue weighted by Gasteiger charge is 2.20. The molecule has 0 aromatic carbocycles. The van der Waals surface area contributed by atoms with E-state index in [1.54, 1.807) is 16.0 Å². The zero-order valence-corrected chi connectivity index (χ0v) is 15.3. The number of likely N-dealkylation sites (tertiary alicyclic amines) is 1. The topological polar surface area (TPSA) is 51.0 Å². The molecule has 0 atom stereocenters. The standard InChI is InChI=1S/C19H22N4OS/c1-14-18-15(16-7-6-12-25-16)8-9-20-19(18)23(21-14)13-17(24)22-10-4-2-3-5-11-22/h6-9,12H,2-5,10-11,13H2,1H3. The van der Waals surface area contributed by atoms with Gasteiger partial charge in [-0.1, -0.05) is 18.9 Å². The van der Waals surface area contributed by atoms with E-state index in [1.807, 2.05) is 24.1 Å². The van der Waals surface area contributed by atoms with Crippen molar-refractivity contribution in [2.45, 2.75) is 39.2 Å². The van der Waals surface area contributed by atoms with Gasteiger partial charge in [0.1, 0.15) is 6.54 Å². The van der Waals surface area contributed by atoms with E-state index < -0.39 is 0 Å². The zero-order valence-electron chi connectivity index (χ0n) is 14.4. The molecule has 1 aliphatic heterocycles. The highest BCUT2D eigenvalue weighted by molar-refractivity contribution is 7.13. The molecule has 4 rings (SSSR count). The first-order valence-corrected chi connectivity index (χ1v) is 9.76. The number of thiophene rings is 1. The lowest BCUT2D eigenvalue weighted by molar-refractivity contribution is -0.131. The Morgan fingerprint density at radius 1 is 1.20 bits per heavy atom. The summed E-state index contributed by atoms with van der Waals surface area (Å²) in [6, 6.07) is 6.19. The maximum atomic E-state index is 12.7. The van der Waals surface area contributed by atoms with Crippen LogP contribution < -0.4 is 0 Å². The van der Waals surface area contributed by atoms with Crippen LogP contribution in [0, 0.1) is 6.92 Å². The van der Waals surface area contributed by atoms with Crippen LogP contribution in [0.3, 0.4) is 0 Å². The number of fused-ring (bicyclic) bond motifs is 1. The number of carbonyl (C=O) groups excluding carboxylic acids is 1. The normalized spacial score (nSPS) is 15.5. The van der Waals surface area contributed by atoms with Gasteiger partial charge in [0.15, 0.2) is 5.65 Å². The molecule has 0 saturated carbocycles. The number of aryl methyl sites for hydroxylation is 1. The predicted octanol–water partition coefficient (Wildman–Crippen LogP) is 3.87. The lowest BCUT2D eigenvalue weighted by atomic mass is 10.1. The fraction of sp³-hybridized carbons (Fsp3) is 0.421. The second-order valence-corrected chi connectivity index (χ2v) is 7.52. The Kier molecular flexibility index (Phi) is 4.53. The molecule has 1 saturated heterocycles. The minimum atomic E-state index is 0.148. The van der Waals surface area contributed by atoms with Gasteiger partial charge in [0.05, 0.1) is 11.1 Å². The molecule has 3 aromatic rings. The molecule has 6 heteroatoms. The minimum absolute atomic E-state index is 0.148. The molecule has 0 bridgehead atoms. The number of rotatable bonds is 3. The monoisotopic (exact) mass is 354 g/mol. The molecule has 0 N–H and O–H groups in total. The molecule has 0 unspecified atom stereocenters. The molecular weight excluding hydrogens is 332 g/mol. The second-order valence-electron chi connectivity index (χ2n) is 6.57. The van der Waals surface area contributed by atoms with Crippen molar-refractivity contribution in [3.8, 4) is 10.4 Å². The zero-order chi connectivity index (χ0) is 17.2. The van der Waals surface area contributed by atoms with Crippen LogP contribution in [0.5, 0.6) is 0 Å². The van der Waals surface area contributed by atoms with Crippen molar-refractivity contribution in [3.05, 3.63) is 35.5 Å². The van der Waals surface area contributed by atoms with Crippen LogP contribution in [0.15, 0.2) is 29.8 Å². The Morgan fingerprint density at radius 3 is 2.72 bits per heavy atom. The van der Waals surface area contributed by atoms with Crippen LogP contribution in [-0.4, -0.2) is 38.7 Å². The van der Waals surface area contributed by atoms with Gasteiger partial charge >= 0.3 is 0 Å². The number of carbonyl (C=O) groups is 1. The fourth-order valence-corrected chi connectivity index (χ4v) is 4.34. The van der Waals surface area contributed by atoms with E-state index in [1.165, 1.54) is 17.7 Å². The highest BCUT2D eigenvalue weighted by Crippen LogP contribution is 2.32. The average molecular weight is 354 g/mol. The third kappa shape index (κ3) is 3.18. The first-order chi connectivity index (χ1) is 12.2. The maximum absolute atomic E-state index is 12.7. The molecule has 0 aliphatic carbocycles. The summed E-state index contributed by atoms with van der Waals surface area (Å²) in [7, 11) is 0. The maximum Gasteiger partial charge on any atom is 0.244 e. The van der Waals surface area contributed by atoms with E-state index in [9.17, 15) is 4.79 Å². The van der Waals surface area contributed by atoms with Gasteiger partial charge in [-0.25, -0.2) is 9.67 Å². The minimum Gasteiger partial charge on any atom is -0.341 e. The van der Waals surface area contributed by atoms with E-state index in [2.05, 4.69) is 27.6 Å². The van der Waals surface area contributed by atoms with E-state index in [0.717, 1.165) is 48.2 Å². The smallest absolute Gasteiger partial charge is 0.244 e. The second kappa shape index (κ2) is 6.96. The van der Waals surface area contributed by atoms with Crippen molar-refractivity contribution in [1.29, 1.82) is 0 Å². The van der Waals surface area contributed by atoms with Crippen molar-refractivity contribution in [2.24, 2.45) is 0 Å². The van der Waals surface area contributed by atoms with Crippen molar-refractivity contribution < 1.29 is 4.79 Å². The Bertz CT molecular complexity index is 876. The number of pyridine rings is 1. The summed E-state index contributed by atoms with van der Waals surface area (Å²) in [4.78, 5) is 20.4. The fourth-order valence-electron chi connectivity index (χ4n) is 3.58. The lowest BCUT2D eigenvalue weighted by Gasteiger charge is -2.20. The third-order valence-corrected chi connectivity index (χ3v) is 5.74. The van der Waals surface area contributed by atoms with Gasteiger partial charge in [0.25, 0.3) is 0 Å². The van der Waals surface area contributed by atoms with E-state index in [4.69, 9.17) is 0 Å². The SMILES string of the molecule is Cc1nn(CC(=O)N2CCCCCC2)c2nccc(-c3cccs3)c12. The Labute approximate surface area is 151 Å². The van der Waals surface area contributed by atoms with Gasteiger partial charge in [0.2, 0.25) is 5.91 Å². The first-order valence-electron chi connectivity index (χ1n) is 8.88. The summed E-state index contributed by atoms with van der Waals surface area (Å²) in [6.45, 7) is 4.00. The van der Waals surface area contributed by atoms with Crippen molar-refractivity contribution in [1.82, 2.24) is 19.7 Å². The Morgan fingerprint density at radius 2 is 2.00 bits per heavy atom. The molecule has 0 radical (unpaired) electrons. The van der Waals surface area contributed by atoms with E-state index in [-0.39, 0.29) is 12.5 Å². The third-order valence-electron chi connectivity index (χ3n) is 4.84. The molecular formula is C19H22N4OS. The molecule has 4 heterocycles. The van der Waals surface area contributed by atoms with Crippen molar-refractivity contribution >= 4 is 28.3 Å². The molecule has 1 fully saturated rings. The lowest BCUT2D eigenvalue weighted by Crippen LogP contribution is -2.34. The average Bonchev–Trinajstić information content (AvgIpc) is 3.16. The number of hydrogen-bond acceptors (Lipinski definition) is 4. The van der Waals surface area contributed by atoms with E-state index in [0.29, 0.717) is 0 Å². The largest absolute Gasteiger partial charge is 0.341 e. The van der Waals surface area contributed by atoms with Crippen LogP contribution in [0.1, 0.15) is 31.4 Å². The van der Waals surface area contributed by atoms with Crippen LogP contribution in [0.25, 0.3) is 21.5 Å². The highest BCUT2D eigenvalue weighted by atomic mass is 32.1. The molecule has 130 valence electrons. The van der Waals surface area contributed by atoms with Crippen molar-refractivity contribution in [2.75, 3.05) is 13.1 Å². The van der Waals surface area contributed by atoms with Gasteiger partial charge in [-0.05, 0) is 37.3 Å². The van der Waals surface area contributed by atoms with Crippen molar-refractivity contribution in [3.63, 3.8) is 0 Å². The summed E-state index contributed by atoms with van der Waals surface area (Å²) in [6.07, 6.45) is 6.46. The molecule has 5 nitrogen and oxygen atoms in total. The molecule has 25 heavy (non-hydrogen) atoms. The predicted molar refractivity (Wildman–Crippen MR) is 101 cm³/mol. The van der Waals surface area contributed by atoms with Gasteiger partial charge in [-0.2, -0.15) is 5.10 Å².